The molecule has 0 unspecified atom stereocenters. The van der Waals surface area contributed by atoms with Crippen molar-refractivity contribution < 1.29 is 29.7 Å². The molecular weight excluding hydrogens is 519 g/mol. The minimum absolute atomic E-state index is 0. The molecule has 0 radical (unpaired) electrons. The SMILES string of the molecule is O=C([O-])c1ccc2ccccc2c1.O=C([O-])c1ccc2ccccc2c1.O=C([O-])c1ccc2ccccc2c1.[Al+3]. The van der Waals surface area contributed by atoms with Crippen molar-refractivity contribution in [3.63, 3.8) is 0 Å². The van der Waals surface area contributed by atoms with Gasteiger partial charge in [0.05, 0.1) is 17.9 Å². The number of carbonyl (C=O) groups is 3. The van der Waals surface area contributed by atoms with Gasteiger partial charge in [0.25, 0.3) is 0 Å². The minimum atomic E-state index is -1.13. The van der Waals surface area contributed by atoms with Crippen molar-refractivity contribution in [2.24, 2.45) is 0 Å². The number of benzene rings is 6. The fraction of sp³-hybridized carbons (Fsp3) is 0. The second-order valence-electron chi connectivity index (χ2n) is 8.55. The van der Waals surface area contributed by atoms with Crippen LogP contribution in [0.25, 0.3) is 32.3 Å². The minimum Gasteiger partial charge on any atom is -0.545 e. The van der Waals surface area contributed by atoms with E-state index in [0.29, 0.717) is 0 Å². The summed E-state index contributed by atoms with van der Waals surface area (Å²) in [6.07, 6.45) is 0. The molecule has 7 heteroatoms. The van der Waals surface area contributed by atoms with Gasteiger partial charge in [-0.3, -0.25) is 0 Å². The maximum Gasteiger partial charge on any atom is 3.00 e. The van der Waals surface area contributed by atoms with Crippen molar-refractivity contribution >= 4 is 67.6 Å². The molecule has 0 saturated heterocycles. The molecule has 0 aliphatic carbocycles. The monoisotopic (exact) mass is 540 g/mol. The van der Waals surface area contributed by atoms with Crippen LogP contribution in [-0.4, -0.2) is 35.3 Å². The maximum atomic E-state index is 10.5. The second-order valence-corrected chi connectivity index (χ2v) is 8.55. The van der Waals surface area contributed by atoms with Gasteiger partial charge in [0.2, 0.25) is 0 Å². The summed E-state index contributed by atoms with van der Waals surface area (Å²) >= 11 is 0. The summed E-state index contributed by atoms with van der Waals surface area (Å²) in [5.74, 6) is -3.40. The van der Waals surface area contributed by atoms with E-state index in [1.807, 2.05) is 72.8 Å². The Hall–Kier alpha value is -4.96. The molecule has 6 aromatic carbocycles. The first-order valence-electron chi connectivity index (χ1n) is 11.9. The summed E-state index contributed by atoms with van der Waals surface area (Å²) in [7, 11) is 0. The van der Waals surface area contributed by atoms with Crippen LogP contribution in [0.3, 0.4) is 0 Å². The van der Waals surface area contributed by atoms with Crippen LogP contribution in [0.1, 0.15) is 31.1 Å². The number of carboxylic acid groups (broad SMARTS) is 3. The predicted octanol–water partition coefficient (Wildman–Crippen LogP) is 3.23. The average Bonchev–Trinajstić information content (AvgIpc) is 2.97. The smallest absolute Gasteiger partial charge is 0.545 e. The van der Waals surface area contributed by atoms with E-state index >= 15 is 0 Å². The summed E-state index contributed by atoms with van der Waals surface area (Å²) in [6, 6.07) is 37.7. The van der Waals surface area contributed by atoms with E-state index in [2.05, 4.69) is 0 Å². The third-order valence-electron chi connectivity index (χ3n) is 5.96. The maximum absolute atomic E-state index is 10.5. The second kappa shape index (κ2) is 13.7. The van der Waals surface area contributed by atoms with Crippen LogP contribution in [-0.2, 0) is 0 Å². The predicted molar refractivity (Wildman–Crippen MR) is 151 cm³/mol. The largest absolute Gasteiger partial charge is 3.00 e. The molecule has 0 aliphatic heterocycles. The summed E-state index contributed by atoms with van der Waals surface area (Å²) in [5, 5.41) is 37.5. The number of carbonyl (C=O) groups excluding carboxylic acids is 3. The van der Waals surface area contributed by atoms with Crippen LogP contribution in [0.2, 0.25) is 0 Å². The zero-order chi connectivity index (χ0) is 27.8. The van der Waals surface area contributed by atoms with E-state index in [-0.39, 0.29) is 34.1 Å². The number of hydrogen-bond acceptors (Lipinski definition) is 6. The Kier molecular flexibility index (Phi) is 10.2. The number of rotatable bonds is 3. The molecule has 6 rings (SSSR count). The molecule has 192 valence electrons. The Morgan fingerprint density at radius 1 is 0.350 bits per heavy atom. The van der Waals surface area contributed by atoms with Gasteiger partial charge in [-0.05, 0) is 67.2 Å². The number of fused-ring (bicyclic) bond motifs is 3. The zero-order valence-corrected chi connectivity index (χ0v) is 22.3. The summed E-state index contributed by atoms with van der Waals surface area (Å²) in [6.45, 7) is 0. The van der Waals surface area contributed by atoms with E-state index in [1.54, 1.807) is 54.6 Å². The third kappa shape index (κ3) is 7.55. The Bertz CT molecular complexity index is 1600. The molecule has 6 nitrogen and oxygen atoms in total. The zero-order valence-electron chi connectivity index (χ0n) is 21.2. The molecule has 0 aliphatic rings. The first-order valence-corrected chi connectivity index (χ1v) is 11.9. The van der Waals surface area contributed by atoms with Gasteiger partial charge in [-0.1, -0.05) is 109 Å². The molecule has 6 aromatic rings. The normalized spacial score (nSPS) is 9.90. The fourth-order valence-corrected chi connectivity index (χ4v) is 3.95. The van der Waals surface area contributed by atoms with Gasteiger partial charge in [-0.25, -0.2) is 0 Å². The molecule has 0 saturated carbocycles. The van der Waals surface area contributed by atoms with Crippen molar-refractivity contribution in [2.45, 2.75) is 0 Å². The molecule has 0 heterocycles. The van der Waals surface area contributed by atoms with Crippen LogP contribution in [0.4, 0.5) is 0 Å². The Morgan fingerprint density at radius 3 is 0.800 bits per heavy atom. The van der Waals surface area contributed by atoms with Crippen molar-refractivity contribution in [2.75, 3.05) is 0 Å². The topological polar surface area (TPSA) is 120 Å². The standard InChI is InChI=1S/3C11H8O2.Al/c3*12-11(13)10-6-5-8-3-1-2-4-9(8)7-10;/h3*1-7H,(H,12,13);/q;;;+3/p-3. The van der Waals surface area contributed by atoms with Gasteiger partial charge in [-0.2, -0.15) is 0 Å². The molecule has 0 fully saturated rings. The number of aromatic carboxylic acids is 3. The molecular formula is C33H21AlO6. The number of carboxylic acids is 3. The molecule has 0 atom stereocenters. The van der Waals surface area contributed by atoms with Crippen LogP contribution in [0.5, 0.6) is 0 Å². The van der Waals surface area contributed by atoms with E-state index in [9.17, 15) is 29.7 Å². The van der Waals surface area contributed by atoms with Gasteiger partial charge >= 0.3 is 17.4 Å². The molecule has 0 aromatic heterocycles. The van der Waals surface area contributed by atoms with Crippen molar-refractivity contribution in [1.82, 2.24) is 0 Å². The van der Waals surface area contributed by atoms with Gasteiger partial charge in [0.1, 0.15) is 0 Å². The molecule has 0 amide bonds. The fourth-order valence-electron chi connectivity index (χ4n) is 3.95. The van der Waals surface area contributed by atoms with E-state index < -0.39 is 17.9 Å². The van der Waals surface area contributed by atoms with Crippen LogP contribution < -0.4 is 15.3 Å². The van der Waals surface area contributed by atoms with Crippen LogP contribution >= 0.6 is 0 Å². The Balaban J connectivity index is 0.000000163. The van der Waals surface area contributed by atoms with Crippen LogP contribution in [0, 0.1) is 0 Å². The molecule has 0 spiro atoms. The summed E-state index contributed by atoms with van der Waals surface area (Å²) < 4.78 is 0. The van der Waals surface area contributed by atoms with Gasteiger partial charge < -0.3 is 29.7 Å². The molecule has 40 heavy (non-hydrogen) atoms. The van der Waals surface area contributed by atoms with Crippen molar-refractivity contribution in [3.8, 4) is 0 Å². The quantitative estimate of drug-likeness (QED) is 0.318. The van der Waals surface area contributed by atoms with Gasteiger partial charge in [0.15, 0.2) is 0 Å². The van der Waals surface area contributed by atoms with Crippen molar-refractivity contribution in [1.29, 1.82) is 0 Å². The van der Waals surface area contributed by atoms with E-state index in [0.717, 1.165) is 32.3 Å². The first kappa shape index (κ1) is 29.6. The summed E-state index contributed by atoms with van der Waals surface area (Å²) in [4.78, 5) is 31.6. The van der Waals surface area contributed by atoms with Crippen LogP contribution in [0.15, 0.2) is 127 Å². The van der Waals surface area contributed by atoms with E-state index in [1.165, 1.54) is 0 Å². The Morgan fingerprint density at radius 2 is 0.575 bits per heavy atom. The molecule has 0 bridgehead atoms. The summed E-state index contributed by atoms with van der Waals surface area (Å²) in [5.41, 5.74) is 0.663. The van der Waals surface area contributed by atoms with E-state index in [4.69, 9.17) is 0 Å². The molecule has 0 N–H and O–H groups in total. The Labute approximate surface area is 240 Å². The van der Waals surface area contributed by atoms with Gasteiger partial charge in [-0.15, -0.1) is 0 Å². The van der Waals surface area contributed by atoms with Gasteiger partial charge in [0, 0.05) is 0 Å². The third-order valence-corrected chi connectivity index (χ3v) is 5.96. The first-order chi connectivity index (χ1) is 18.8. The number of hydrogen-bond donors (Lipinski definition) is 0. The average molecular weight is 541 g/mol. The van der Waals surface area contributed by atoms with Crippen molar-refractivity contribution in [3.05, 3.63) is 144 Å².